The third-order valence-corrected chi connectivity index (χ3v) is 7.99. The molecule has 0 aromatic carbocycles. The minimum absolute atomic E-state index is 0.0100. The van der Waals surface area contributed by atoms with Crippen LogP contribution >= 0.6 is 22.7 Å². The van der Waals surface area contributed by atoms with E-state index in [1.54, 1.807) is 18.4 Å². The number of aromatic nitrogens is 4. The Labute approximate surface area is 198 Å². The van der Waals surface area contributed by atoms with Crippen molar-refractivity contribution in [2.45, 2.75) is 19.8 Å². The van der Waals surface area contributed by atoms with Crippen LogP contribution in [0.3, 0.4) is 0 Å². The van der Waals surface area contributed by atoms with Crippen molar-refractivity contribution in [1.82, 2.24) is 29.5 Å². The van der Waals surface area contributed by atoms with Gasteiger partial charge in [-0.1, -0.05) is 11.2 Å². The summed E-state index contributed by atoms with van der Waals surface area (Å²) >= 11 is 2.91. The van der Waals surface area contributed by atoms with Gasteiger partial charge in [0, 0.05) is 39.6 Å². The molecule has 0 bridgehead atoms. The quantitative estimate of drug-likeness (QED) is 0.415. The van der Waals surface area contributed by atoms with Gasteiger partial charge in [-0.05, 0) is 36.9 Å². The van der Waals surface area contributed by atoms with Gasteiger partial charge in [0.2, 0.25) is 11.7 Å². The second kappa shape index (κ2) is 9.16. The summed E-state index contributed by atoms with van der Waals surface area (Å²) < 4.78 is 6.82. The Bertz CT molecular complexity index is 1330. The van der Waals surface area contributed by atoms with Crippen molar-refractivity contribution in [3.05, 3.63) is 50.5 Å². The van der Waals surface area contributed by atoms with Gasteiger partial charge < -0.3 is 14.0 Å². The van der Waals surface area contributed by atoms with E-state index in [2.05, 4.69) is 20.0 Å². The fourth-order valence-corrected chi connectivity index (χ4v) is 5.80. The third kappa shape index (κ3) is 4.35. The minimum Gasteiger partial charge on any atom is -0.339 e. The topological polar surface area (TPSA) is 97.4 Å². The standard InChI is InChI=1S/C22H24N6O3S2/c1-14-17-20(23-13-26(2)21(17)29)33-18(14)22(30)28-10-8-27(9-11-28)7-3-6-16-24-19(25-31-16)15-5-4-12-32-15/h4-5,12-13H,3,6-11H2,1-2H3. The van der Waals surface area contributed by atoms with E-state index in [9.17, 15) is 9.59 Å². The molecule has 11 heteroatoms. The van der Waals surface area contributed by atoms with Gasteiger partial charge in [-0.25, -0.2) is 4.98 Å². The van der Waals surface area contributed by atoms with Gasteiger partial charge >= 0.3 is 0 Å². The molecule has 4 aromatic rings. The Kier molecular flexibility index (Phi) is 6.09. The Balaban J connectivity index is 1.14. The predicted molar refractivity (Wildman–Crippen MR) is 128 cm³/mol. The fraction of sp³-hybridized carbons (Fsp3) is 0.409. The van der Waals surface area contributed by atoms with Crippen molar-refractivity contribution in [2.75, 3.05) is 32.7 Å². The highest BCUT2D eigenvalue weighted by Crippen LogP contribution is 2.28. The number of fused-ring (bicyclic) bond motifs is 1. The molecule has 0 aliphatic carbocycles. The van der Waals surface area contributed by atoms with Crippen LogP contribution in [0.5, 0.6) is 0 Å². The Morgan fingerprint density at radius 1 is 1.24 bits per heavy atom. The lowest BCUT2D eigenvalue weighted by atomic mass is 10.2. The average Bonchev–Trinajstić information content (AvgIpc) is 3.57. The first-order valence-corrected chi connectivity index (χ1v) is 12.5. The average molecular weight is 485 g/mol. The number of aryl methyl sites for hydroxylation is 3. The van der Waals surface area contributed by atoms with Gasteiger partial charge in [0.25, 0.3) is 11.5 Å². The number of carbonyl (C=O) groups excluding carboxylic acids is 1. The molecule has 5 heterocycles. The molecule has 1 fully saturated rings. The largest absolute Gasteiger partial charge is 0.339 e. The second-order valence-electron chi connectivity index (χ2n) is 8.12. The first kappa shape index (κ1) is 21.9. The van der Waals surface area contributed by atoms with Crippen LogP contribution in [0, 0.1) is 6.92 Å². The summed E-state index contributed by atoms with van der Waals surface area (Å²) in [7, 11) is 1.67. The molecule has 172 valence electrons. The van der Waals surface area contributed by atoms with Crippen molar-refractivity contribution in [1.29, 1.82) is 0 Å². The molecule has 33 heavy (non-hydrogen) atoms. The Morgan fingerprint density at radius 2 is 2.06 bits per heavy atom. The predicted octanol–water partition coefficient (Wildman–Crippen LogP) is 2.81. The number of carbonyl (C=O) groups is 1. The van der Waals surface area contributed by atoms with E-state index in [4.69, 9.17) is 4.52 Å². The van der Waals surface area contributed by atoms with E-state index >= 15 is 0 Å². The lowest BCUT2D eigenvalue weighted by Gasteiger charge is -2.34. The van der Waals surface area contributed by atoms with Gasteiger partial charge in [0.05, 0.1) is 21.5 Å². The highest BCUT2D eigenvalue weighted by atomic mass is 32.1. The van der Waals surface area contributed by atoms with Crippen molar-refractivity contribution < 1.29 is 9.32 Å². The van der Waals surface area contributed by atoms with E-state index in [0.29, 0.717) is 39.9 Å². The summed E-state index contributed by atoms with van der Waals surface area (Å²) in [5.41, 5.74) is 0.624. The van der Waals surface area contributed by atoms with Crippen LogP contribution in [0.15, 0.2) is 33.2 Å². The normalized spacial score (nSPS) is 14.9. The molecule has 1 saturated heterocycles. The van der Waals surface area contributed by atoms with E-state index in [1.165, 1.54) is 22.2 Å². The second-order valence-corrected chi connectivity index (χ2v) is 10.1. The molecule has 9 nitrogen and oxygen atoms in total. The first-order valence-electron chi connectivity index (χ1n) is 10.8. The smallest absolute Gasteiger partial charge is 0.264 e. The summed E-state index contributed by atoms with van der Waals surface area (Å²) in [6, 6.07) is 3.96. The Morgan fingerprint density at radius 3 is 2.82 bits per heavy atom. The van der Waals surface area contributed by atoms with Crippen LogP contribution in [-0.4, -0.2) is 68.1 Å². The van der Waals surface area contributed by atoms with Crippen LogP contribution in [0.2, 0.25) is 0 Å². The zero-order valence-corrected chi connectivity index (χ0v) is 20.1. The molecule has 0 saturated carbocycles. The Hall–Kier alpha value is -2.89. The summed E-state index contributed by atoms with van der Waals surface area (Å²) in [5.74, 6) is 1.30. The number of rotatable bonds is 6. The lowest BCUT2D eigenvalue weighted by Crippen LogP contribution is -2.48. The van der Waals surface area contributed by atoms with Crippen LogP contribution in [0.4, 0.5) is 0 Å². The van der Waals surface area contributed by atoms with Gasteiger partial charge in [0.15, 0.2) is 0 Å². The zero-order chi connectivity index (χ0) is 22.9. The van der Waals surface area contributed by atoms with Crippen molar-refractivity contribution in [3.63, 3.8) is 0 Å². The van der Waals surface area contributed by atoms with Crippen LogP contribution in [0.1, 0.15) is 27.5 Å². The van der Waals surface area contributed by atoms with Crippen LogP contribution in [-0.2, 0) is 13.5 Å². The fourth-order valence-electron chi connectivity index (χ4n) is 4.05. The van der Waals surface area contributed by atoms with E-state index in [-0.39, 0.29) is 11.5 Å². The summed E-state index contributed by atoms with van der Waals surface area (Å²) in [5, 5.41) is 6.60. The van der Waals surface area contributed by atoms with Crippen molar-refractivity contribution in [3.8, 4) is 10.7 Å². The van der Waals surface area contributed by atoms with E-state index < -0.39 is 0 Å². The molecule has 0 unspecified atom stereocenters. The van der Waals surface area contributed by atoms with E-state index in [0.717, 1.165) is 42.9 Å². The summed E-state index contributed by atoms with van der Waals surface area (Å²) in [4.78, 5) is 40.9. The monoisotopic (exact) mass is 484 g/mol. The number of nitrogens with zero attached hydrogens (tertiary/aromatic N) is 6. The first-order chi connectivity index (χ1) is 16.0. The summed E-state index contributed by atoms with van der Waals surface area (Å²) in [6.07, 6.45) is 3.16. The van der Waals surface area contributed by atoms with E-state index in [1.807, 2.05) is 29.3 Å². The molecule has 4 aromatic heterocycles. The number of amides is 1. The zero-order valence-electron chi connectivity index (χ0n) is 18.5. The molecule has 5 rings (SSSR count). The minimum atomic E-state index is -0.110. The van der Waals surface area contributed by atoms with Crippen molar-refractivity contribution in [2.24, 2.45) is 7.05 Å². The van der Waals surface area contributed by atoms with Crippen LogP contribution in [0.25, 0.3) is 20.9 Å². The third-order valence-electron chi connectivity index (χ3n) is 5.94. The van der Waals surface area contributed by atoms with Crippen molar-refractivity contribution >= 4 is 38.8 Å². The molecule has 0 N–H and O–H groups in total. The summed E-state index contributed by atoms with van der Waals surface area (Å²) in [6.45, 7) is 5.73. The molecular weight excluding hydrogens is 460 g/mol. The molecular formula is C22H24N6O3S2. The van der Waals surface area contributed by atoms with Gasteiger partial charge in [-0.2, -0.15) is 4.98 Å². The number of hydrogen-bond donors (Lipinski definition) is 0. The lowest BCUT2D eigenvalue weighted by molar-refractivity contribution is 0.0640. The number of thiophene rings is 2. The van der Waals surface area contributed by atoms with Gasteiger partial charge in [-0.3, -0.25) is 14.5 Å². The molecule has 1 aliphatic rings. The van der Waals surface area contributed by atoms with Crippen LogP contribution < -0.4 is 5.56 Å². The highest BCUT2D eigenvalue weighted by Gasteiger charge is 2.26. The number of hydrogen-bond acceptors (Lipinski definition) is 9. The highest BCUT2D eigenvalue weighted by molar-refractivity contribution is 7.20. The SMILES string of the molecule is Cc1c(C(=O)N2CCN(CCCc3nc(-c4cccs4)no3)CC2)sc2ncn(C)c(=O)c12. The molecule has 1 amide bonds. The number of piperazine rings is 1. The molecule has 0 atom stereocenters. The maximum Gasteiger partial charge on any atom is 0.264 e. The maximum absolute atomic E-state index is 13.1. The van der Waals surface area contributed by atoms with Gasteiger partial charge in [0.1, 0.15) is 4.83 Å². The molecule has 0 spiro atoms. The molecule has 0 radical (unpaired) electrons. The maximum atomic E-state index is 13.1. The van der Waals surface area contributed by atoms with Gasteiger partial charge in [-0.15, -0.1) is 22.7 Å². The molecule has 1 aliphatic heterocycles.